The van der Waals surface area contributed by atoms with Crippen LogP contribution in [0, 0.1) is 9.39 Å². The van der Waals surface area contributed by atoms with Crippen LogP contribution in [0.5, 0.6) is 0 Å². The van der Waals surface area contributed by atoms with Crippen LogP contribution in [-0.4, -0.2) is 16.4 Å². The molecule has 0 bridgehead atoms. The number of benzene rings is 2. The van der Waals surface area contributed by atoms with Gasteiger partial charge in [-0.3, -0.25) is 9.00 Å². The number of nitrogens with one attached hydrogen (secondary N) is 1. The highest BCUT2D eigenvalue weighted by Crippen LogP contribution is 2.17. The van der Waals surface area contributed by atoms with Gasteiger partial charge in [0.1, 0.15) is 5.82 Å². The summed E-state index contributed by atoms with van der Waals surface area (Å²) in [6.07, 6.45) is 1.63. The van der Waals surface area contributed by atoms with Gasteiger partial charge in [-0.05, 0) is 58.5 Å². The Labute approximate surface area is 138 Å². The van der Waals surface area contributed by atoms with Gasteiger partial charge in [0, 0.05) is 32.1 Å². The Morgan fingerprint density at radius 2 is 2.05 bits per heavy atom. The van der Waals surface area contributed by atoms with E-state index >= 15 is 0 Å². The third-order valence-corrected chi connectivity index (χ3v) is 4.41. The van der Waals surface area contributed by atoms with Crippen molar-refractivity contribution in [2.45, 2.75) is 5.75 Å². The number of hydrogen-bond donors (Lipinski definition) is 1. The Bertz CT molecular complexity index is 706. The molecule has 0 radical (unpaired) electrons. The summed E-state index contributed by atoms with van der Waals surface area (Å²) >= 11 is 1.99. The highest BCUT2D eigenvalue weighted by atomic mass is 127. The Morgan fingerprint density at radius 3 is 2.76 bits per heavy atom. The SMILES string of the molecule is CS(=O)Cc1cccc(NC(=O)c2cc(F)ccc2I)c1. The second-order valence-corrected chi connectivity index (χ2v) is 7.09. The maximum absolute atomic E-state index is 13.2. The molecule has 0 heterocycles. The number of hydrogen-bond acceptors (Lipinski definition) is 2. The number of amides is 1. The summed E-state index contributed by atoms with van der Waals surface area (Å²) in [6.45, 7) is 0. The third kappa shape index (κ3) is 4.60. The monoisotopic (exact) mass is 417 g/mol. The van der Waals surface area contributed by atoms with E-state index < -0.39 is 16.6 Å². The van der Waals surface area contributed by atoms with Crippen molar-refractivity contribution in [1.29, 1.82) is 0 Å². The summed E-state index contributed by atoms with van der Waals surface area (Å²) in [5, 5.41) is 2.73. The van der Waals surface area contributed by atoms with E-state index in [4.69, 9.17) is 0 Å². The first-order valence-electron chi connectivity index (χ1n) is 6.11. The zero-order chi connectivity index (χ0) is 15.4. The first-order chi connectivity index (χ1) is 9.95. The lowest BCUT2D eigenvalue weighted by Crippen LogP contribution is -2.14. The number of halogens is 2. The zero-order valence-corrected chi connectivity index (χ0v) is 14.2. The van der Waals surface area contributed by atoms with Crippen LogP contribution in [0.2, 0.25) is 0 Å². The standard InChI is InChI=1S/C15H13FINO2S/c1-21(20)9-10-3-2-4-12(7-10)18-15(19)13-8-11(16)5-6-14(13)17/h2-8H,9H2,1H3,(H,18,19). The van der Waals surface area contributed by atoms with Crippen LogP contribution >= 0.6 is 22.6 Å². The fourth-order valence-corrected chi connectivity index (χ4v) is 3.07. The largest absolute Gasteiger partial charge is 0.322 e. The molecule has 1 N–H and O–H groups in total. The second kappa shape index (κ2) is 7.13. The summed E-state index contributed by atoms with van der Waals surface area (Å²) in [5.41, 5.74) is 1.77. The molecule has 2 aromatic rings. The van der Waals surface area contributed by atoms with Gasteiger partial charge in [-0.15, -0.1) is 0 Å². The van der Waals surface area contributed by atoms with Gasteiger partial charge in [0.25, 0.3) is 5.91 Å². The molecule has 2 rings (SSSR count). The van der Waals surface area contributed by atoms with Crippen molar-refractivity contribution < 1.29 is 13.4 Å². The molecular weight excluding hydrogens is 404 g/mol. The average molecular weight is 417 g/mol. The molecule has 1 unspecified atom stereocenters. The van der Waals surface area contributed by atoms with E-state index in [0.717, 1.165) is 5.56 Å². The lowest BCUT2D eigenvalue weighted by molar-refractivity contribution is 0.102. The highest BCUT2D eigenvalue weighted by Gasteiger charge is 2.11. The molecule has 0 aliphatic heterocycles. The minimum absolute atomic E-state index is 0.292. The lowest BCUT2D eigenvalue weighted by Gasteiger charge is -2.08. The molecule has 0 aliphatic rings. The molecule has 0 saturated heterocycles. The molecule has 0 aromatic heterocycles. The van der Waals surface area contributed by atoms with E-state index in [1.165, 1.54) is 12.1 Å². The van der Waals surface area contributed by atoms with Crippen molar-refractivity contribution in [3.05, 3.63) is 63.0 Å². The summed E-state index contributed by atoms with van der Waals surface area (Å²) in [6, 6.07) is 11.2. The molecule has 0 saturated carbocycles. The van der Waals surface area contributed by atoms with Crippen LogP contribution in [-0.2, 0) is 16.6 Å². The summed E-state index contributed by atoms with van der Waals surface area (Å²) in [5.74, 6) is -0.384. The quantitative estimate of drug-likeness (QED) is 0.774. The topological polar surface area (TPSA) is 46.2 Å². The van der Waals surface area contributed by atoms with Crippen molar-refractivity contribution in [2.24, 2.45) is 0 Å². The summed E-state index contributed by atoms with van der Waals surface area (Å²) < 4.78 is 25.1. The molecule has 0 fully saturated rings. The molecule has 110 valence electrons. The maximum Gasteiger partial charge on any atom is 0.256 e. The molecule has 3 nitrogen and oxygen atoms in total. The second-order valence-electron chi connectivity index (χ2n) is 4.50. The molecule has 6 heteroatoms. The molecule has 1 atom stereocenters. The van der Waals surface area contributed by atoms with Gasteiger partial charge in [0.15, 0.2) is 0 Å². The fraction of sp³-hybridized carbons (Fsp3) is 0.133. The third-order valence-electron chi connectivity index (χ3n) is 2.73. The van der Waals surface area contributed by atoms with Crippen molar-refractivity contribution in [3.63, 3.8) is 0 Å². The van der Waals surface area contributed by atoms with Crippen LogP contribution in [0.3, 0.4) is 0 Å². The Hall–Kier alpha value is -1.28. The zero-order valence-electron chi connectivity index (χ0n) is 11.2. The Balaban J connectivity index is 2.19. The normalized spacial score (nSPS) is 12.0. The Morgan fingerprint density at radius 1 is 1.29 bits per heavy atom. The lowest BCUT2D eigenvalue weighted by atomic mass is 10.2. The minimum atomic E-state index is -0.944. The molecule has 0 spiro atoms. The van der Waals surface area contributed by atoms with Crippen LogP contribution in [0.15, 0.2) is 42.5 Å². The predicted molar refractivity (Wildman–Crippen MR) is 91.3 cm³/mol. The van der Waals surface area contributed by atoms with Crippen LogP contribution < -0.4 is 5.32 Å². The molecule has 21 heavy (non-hydrogen) atoms. The van der Waals surface area contributed by atoms with Gasteiger partial charge in [-0.2, -0.15) is 0 Å². The number of carbonyl (C=O) groups is 1. The van der Waals surface area contributed by atoms with Gasteiger partial charge in [-0.1, -0.05) is 12.1 Å². The summed E-state index contributed by atoms with van der Waals surface area (Å²) in [4.78, 5) is 12.2. The first-order valence-corrected chi connectivity index (χ1v) is 8.91. The van der Waals surface area contributed by atoms with Gasteiger partial charge in [-0.25, -0.2) is 4.39 Å². The molecule has 1 amide bonds. The summed E-state index contributed by atoms with van der Waals surface area (Å²) in [7, 11) is -0.944. The van der Waals surface area contributed by atoms with E-state index in [9.17, 15) is 13.4 Å². The van der Waals surface area contributed by atoms with Gasteiger partial charge in [0.05, 0.1) is 5.56 Å². The van der Waals surface area contributed by atoms with Gasteiger partial charge in [0.2, 0.25) is 0 Å². The van der Waals surface area contributed by atoms with Gasteiger partial charge < -0.3 is 5.32 Å². The highest BCUT2D eigenvalue weighted by molar-refractivity contribution is 14.1. The number of anilines is 1. The molecular formula is C15H13FINO2S. The minimum Gasteiger partial charge on any atom is -0.322 e. The average Bonchev–Trinajstić information content (AvgIpc) is 2.41. The van der Waals surface area contributed by atoms with E-state index in [0.29, 0.717) is 20.6 Å². The van der Waals surface area contributed by atoms with Crippen LogP contribution in [0.4, 0.5) is 10.1 Å². The predicted octanol–water partition coefficient (Wildman–Crippen LogP) is 3.56. The van der Waals surface area contributed by atoms with Crippen molar-refractivity contribution in [1.82, 2.24) is 0 Å². The van der Waals surface area contributed by atoms with Gasteiger partial charge >= 0.3 is 0 Å². The van der Waals surface area contributed by atoms with E-state index in [-0.39, 0.29) is 5.91 Å². The Kier molecular flexibility index (Phi) is 5.46. The van der Waals surface area contributed by atoms with E-state index in [2.05, 4.69) is 5.32 Å². The van der Waals surface area contributed by atoms with Crippen molar-refractivity contribution in [2.75, 3.05) is 11.6 Å². The van der Waals surface area contributed by atoms with Crippen LogP contribution in [0.1, 0.15) is 15.9 Å². The smallest absolute Gasteiger partial charge is 0.256 e. The molecule has 2 aromatic carbocycles. The molecule has 0 aliphatic carbocycles. The maximum atomic E-state index is 13.2. The number of carbonyl (C=O) groups excluding carboxylic acids is 1. The van der Waals surface area contributed by atoms with Crippen LogP contribution in [0.25, 0.3) is 0 Å². The van der Waals surface area contributed by atoms with E-state index in [1.54, 1.807) is 30.5 Å². The van der Waals surface area contributed by atoms with E-state index in [1.807, 2.05) is 28.7 Å². The van der Waals surface area contributed by atoms with Crippen molar-refractivity contribution >= 4 is 45.0 Å². The first kappa shape index (κ1) is 16.1. The fourth-order valence-electron chi connectivity index (χ4n) is 1.84. The number of rotatable bonds is 4. The van der Waals surface area contributed by atoms with Crippen molar-refractivity contribution in [3.8, 4) is 0 Å².